The highest BCUT2D eigenvalue weighted by atomic mass is 16.1. The summed E-state index contributed by atoms with van der Waals surface area (Å²) in [4.78, 5) is 14.2. The Balaban J connectivity index is 1.74. The number of carbonyl (C=O) groups excluding carboxylic acids is 1. The van der Waals surface area contributed by atoms with Crippen LogP contribution in [0.5, 0.6) is 0 Å². The number of hydrogen-bond donors (Lipinski definition) is 1. The first-order valence-electron chi connectivity index (χ1n) is 8.39. The molecular weight excluding hydrogens is 284 g/mol. The van der Waals surface area contributed by atoms with Crippen LogP contribution in [0.1, 0.15) is 32.3 Å². The average molecular weight is 308 g/mol. The van der Waals surface area contributed by atoms with E-state index in [9.17, 15) is 4.79 Å². The van der Waals surface area contributed by atoms with Crippen molar-refractivity contribution in [3.8, 4) is 0 Å². The zero-order chi connectivity index (χ0) is 16.2. The van der Waals surface area contributed by atoms with Crippen molar-refractivity contribution in [1.29, 1.82) is 0 Å². The first kappa shape index (κ1) is 15.6. The lowest BCUT2D eigenvalue weighted by atomic mass is 10.0. The van der Waals surface area contributed by atoms with E-state index < -0.39 is 0 Å². The van der Waals surface area contributed by atoms with Crippen molar-refractivity contribution in [2.45, 2.75) is 33.1 Å². The van der Waals surface area contributed by atoms with E-state index in [0.717, 1.165) is 18.7 Å². The Bertz CT molecular complexity index is 676. The lowest BCUT2D eigenvalue weighted by Gasteiger charge is -2.31. The molecule has 3 nitrogen and oxygen atoms in total. The van der Waals surface area contributed by atoms with Crippen molar-refractivity contribution in [1.82, 2.24) is 0 Å². The molecule has 0 saturated heterocycles. The lowest BCUT2D eigenvalue weighted by molar-refractivity contribution is -0.116. The Hall–Kier alpha value is -2.29. The van der Waals surface area contributed by atoms with Gasteiger partial charge in [0.15, 0.2) is 0 Å². The second kappa shape index (κ2) is 6.86. The maximum atomic E-state index is 11.9. The molecule has 0 radical (unpaired) electrons. The van der Waals surface area contributed by atoms with Crippen LogP contribution in [-0.4, -0.2) is 12.5 Å². The third kappa shape index (κ3) is 3.73. The molecule has 0 aromatic heterocycles. The first-order valence-corrected chi connectivity index (χ1v) is 8.39. The van der Waals surface area contributed by atoms with Crippen molar-refractivity contribution >= 4 is 23.0 Å². The Labute approximate surface area is 138 Å². The standard InChI is InChI=1S/C20H24N2O/c1-15(2)14-20(23)21-17-9-11-18(12-10-17)22-13-5-7-16-6-3-4-8-19(16)22/h3-4,6,8-12,15H,5,7,13-14H2,1-2H3,(H,21,23). The summed E-state index contributed by atoms with van der Waals surface area (Å²) in [6.45, 7) is 5.14. The van der Waals surface area contributed by atoms with Gasteiger partial charge in [0.1, 0.15) is 0 Å². The Kier molecular flexibility index (Phi) is 4.65. The SMILES string of the molecule is CC(C)CC(=O)Nc1ccc(N2CCCc3ccccc32)cc1. The number of rotatable bonds is 4. The maximum Gasteiger partial charge on any atom is 0.224 e. The smallest absolute Gasteiger partial charge is 0.224 e. The molecule has 0 saturated carbocycles. The largest absolute Gasteiger partial charge is 0.341 e. The van der Waals surface area contributed by atoms with Gasteiger partial charge in [-0.25, -0.2) is 0 Å². The molecule has 0 fully saturated rings. The van der Waals surface area contributed by atoms with E-state index in [0.29, 0.717) is 12.3 Å². The summed E-state index contributed by atoms with van der Waals surface area (Å²) in [5.41, 5.74) is 4.76. The van der Waals surface area contributed by atoms with Gasteiger partial charge in [-0.15, -0.1) is 0 Å². The fourth-order valence-corrected chi connectivity index (χ4v) is 3.11. The van der Waals surface area contributed by atoms with E-state index in [1.807, 2.05) is 12.1 Å². The highest BCUT2D eigenvalue weighted by Crippen LogP contribution is 2.33. The zero-order valence-electron chi connectivity index (χ0n) is 13.9. The van der Waals surface area contributed by atoms with E-state index in [4.69, 9.17) is 0 Å². The van der Waals surface area contributed by atoms with E-state index >= 15 is 0 Å². The quantitative estimate of drug-likeness (QED) is 0.883. The van der Waals surface area contributed by atoms with E-state index in [-0.39, 0.29) is 5.91 Å². The van der Waals surface area contributed by atoms with E-state index in [1.54, 1.807) is 0 Å². The number of para-hydroxylation sites is 1. The minimum absolute atomic E-state index is 0.0797. The van der Waals surface area contributed by atoms with Crippen LogP contribution in [0.3, 0.4) is 0 Å². The zero-order valence-corrected chi connectivity index (χ0v) is 13.9. The number of fused-ring (bicyclic) bond motifs is 1. The fraction of sp³-hybridized carbons (Fsp3) is 0.350. The lowest BCUT2D eigenvalue weighted by Crippen LogP contribution is -2.24. The third-order valence-electron chi connectivity index (χ3n) is 4.17. The summed E-state index contributed by atoms with van der Waals surface area (Å²) in [7, 11) is 0. The molecule has 2 aromatic rings. The topological polar surface area (TPSA) is 32.3 Å². The van der Waals surface area contributed by atoms with Crippen LogP contribution in [0, 0.1) is 5.92 Å². The van der Waals surface area contributed by atoms with Gasteiger partial charge in [0.05, 0.1) is 0 Å². The number of aryl methyl sites for hydroxylation is 1. The van der Waals surface area contributed by atoms with E-state index in [1.165, 1.54) is 23.4 Å². The number of carbonyl (C=O) groups is 1. The van der Waals surface area contributed by atoms with Crippen LogP contribution < -0.4 is 10.2 Å². The van der Waals surface area contributed by atoms with Crippen LogP contribution in [0.2, 0.25) is 0 Å². The number of benzene rings is 2. The van der Waals surface area contributed by atoms with Gasteiger partial charge in [0.25, 0.3) is 0 Å². The molecule has 1 heterocycles. The van der Waals surface area contributed by atoms with Crippen LogP contribution in [0.4, 0.5) is 17.1 Å². The van der Waals surface area contributed by atoms with Gasteiger partial charge < -0.3 is 10.2 Å². The van der Waals surface area contributed by atoms with Crippen LogP contribution in [0.15, 0.2) is 48.5 Å². The highest BCUT2D eigenvalue weighted by molar-refractivity contribution is 5.91. The van der Waals surface area contributed by atoms with Crippen LogP contribution in [0.25, 0.3) is 0 Å². The average Bonchev–Trinajstić information content (AvgIpc) is 2.54. The Morgan fingerprint density at radius 1 is 1.13 bits per heavy atom. The molecule has 1 aliphatic heterocycles. The summed E-state index contributed by atoms with van der Waals surface area (Å²) in [5, 5.41) is 2.97. The molecule has 3 heteroatoms. The second-order valence-electron chi connectivity index (χ2n) is 6.58. The first-order chi connectivity index (χ1) is 11.1. The fourth-order valence-electron chi connectivity index (χ4n) is 3.11. The van der Waals surface area contributed by atoms with Crippen molar-refractivity contribution in [3.05, 3.63) is 54.1 Å². The molecule has 120 valence electrons. The van der Waals surface area contributed by atoms with Gasteiger partial charge in [-0.3, -0.25) is 4.79 Å². The third-order valence-corrected chi connectivity index (χ3v) is 4.17. The van der Waals surface area contributed by atoms with Gasteiger partial charge in [-0.2, -0.15) is 0 Å². The molecule has 3 rings (SSSR count). The molecule has 1 aliphatic rings. The minimum Gasteiger partial charge on any atom is -0.341 e. The molecule has 0 unspecified atom stereocenters. The van der Waals surface area contributed by atoms with E-state index in [2.05, 4.69) is 60.5 Å². The van der Waals surface area contributed by atoms with Crippen molar-refractivity contribution in [3.63, 3.8) is 0 Å². The second-order valence-corrected chi connectivity index (χ2v) is 6.58. The number of amides is 1. The molecule has 0 bridgehead atoms. The van der Waals surface area contributed by atoms with Gasteiger partial charge >= 0.3 is 0 Å². The van der Waals surface area contributed by atoms with Gasteiger partial charge in [0, 0.05) is 30.0 Å². The van der Waals surface area contributed by atoms with Crippen LogP contribution >= 0.6 is 0 Å². The predicted octanol–water partition coefficient (Wildman–Crippen LogP) is 4.76. The minimum atomic E-state index is 0.0797. The normalized spacial score (nSPS) is 13.8. The van der Waals surface area contributed by atoms with Crippen molar-refractivity contribution in [2.24, 2.45) is 5.92 Å². The van der Waals surface area contributed by atoms with Gasteiger partial charge in [0.2, 0.25) is 5.91 Å². The summed E-state index contributed by atoms with van der Waals surface area (Å²) in [5.74, 6) is 0.454. The van der Waals surface area contributed by atoms with Gasteiger partial charge in [-0.1, -0.05) is 32.0 Å². The summed E-state index contributed by atoms with van der Waals surface area (Å²) < 4.78 is 0. The Morgan fingerprint density at radius 2 is 1.87 bits per heavy atom. The van der Waals surface area contributed by atoms with Crippen molar-refractivity contribution < 1.29 is 4.79 Å². The number of nitrogens with one attached hydrogen (secondary N) is 1. The molecule has 1 N–H and O–H groups in total. The summed E-state index contributed by atoms with van der Waals surface area (Å²) >= 11 is 0. The number of nitrogens with zero attached hydrogens (tertiary/aromatic N) is 1. The summed E-state index contributed by atoms with van der Waals surface area (Å²) in [6, 6.07) is 16.8. The van der Waals surface area contributed by atoms with Crippen LogP contribution in [-0.2, 0) is 11.2 Å². The molecule has 1 amide bonds. The summed E-state index contributed by atoms with van der Waals surface area (Å²) in [6.07, 6.45) is 2.88. The maximum absolute atomic E-state index is 11.9. The molecule has 0 spiro atoms. The highest BCUT2D eigenvalue weighted by Gasteiger charge is 2.17. The number of anilines is 3. The molecular formula is C20H24N2O. The monoisotopic (exact) mass is 308 g/mol. The molecule has 0 atom stereocenters. The molecule has 23 heavy (non-hydrogen) atoms. The molecule has 0 aliphatic carbocycles. The Morgan fingerprint density at radius 3 is 2.61 bits per heavy atom. The number of hydrogen-bond acceptors (Lipinski definition) is 2. The molecule has 2 aromatic carbocycles. The predicted molar refractivity (Wildman–Crippen MR) is 96.3 cm³/mol. The van der Waals surface area contributed by atoms with Crippen molar-refractivity contribution in [2.75, 3.05) is 16.8 Å². The van der Waals surface area contributed by atoms with Gasteiger partial charge in [-0.05, 0) is 54.7 Å².